The molecule has 4 nitrogen and oxygen atoms in total. The molecular formula is C13H18BNO3. The lowest BCUT2D eigenvalue weighted by Gasteiger charge is -2.29. The summed E-state index contributed by atoms with van der Waals surface area (Å²) in [6, 6.07) is 5.86. The summed E-state index contributed by atoms with van der Waals surface area (Å²) in [6.07, 6.45) is 2.41. The first-order valence-corrected chi connectivity index (χ1v) is 6.50. The van der Waals surface area contributed by atoms with Gasteiger partial charge in [0.25, 0.3) is 0 Å². The summed E-state index contributed by atoms with van der Waals surface area (Å²) in [4.78, 5) is 2.32. The molecule has 0 bridgehead atoms. The molecule has 0 amide bonds. The third-order valence-corrected chi connectivity index (χ3v) is 3.75. The summed E-state index contributed by atoms with van der Waals surface area (Å²) in [5.74, 6) is 0.841. The van der Waals surface area contributed by atoms with Crippen LogP contribution in [0.25, 0.3) is 0 Å². The highest BCUT2D eigenvalue weighted by molar-refractivity contribution is 6.61. The maximum atomic E-state index is 9.66. The van der Waals surface area contributed by atoms with Crippen LogP contribution in [0, 0.1) is 0 Å². The minimum Gasteiger partial charge on any atom is -0.490 e. The lowest BCUT2D eigenvalue weighted by atomic mass is 9.79. The maximum Gasteiger partial charge on any atom is 0.491 e. The van der Waals surface area contributed by atoms with Gasteiger partial charge < -0.3 is 19.3 Å². The van der Waals surface area contributed by atoms with Gasteiger partial charge >= 0.3 is 7.12 Å². The van der Waals surface area contributed by atoms with E-state index in [1.807, 2.05) is 18.2 Å². The molecule has 0 radical (unpaired) electrons. The average Bonchev–Trinajstić information content (AvgIpc) is 2.74. The molecule has 0 aliphatic carbocycles. The fraction of sp³-hybridized carbons (Fsp3) is 0.538. The summed E-state index contributed by atoms with van der Waals surface area (Å²) in [5.41, 5.74) is 1.90. The largest absolute Gasteiger partial charge is 0.491 e. The van der Waals surface area contributed by atoms with Gasteiger partial charge in [0, 0.05) is 13.1 Å². The van der Waals surface area contributed by atoms with Crippen molar-refractivity contribution in [2.75, 3.05) is 20.1 Å². The zero-order valence-corrected chi connectivity index (χ0v) is 10.6. The number of likely N-dealkylation sites (tertiary alicyclic amines) is 1. The molecule has 1 aromatic carbocycles. The second-order valence-electron chi connectivity index (χ2n) is 5.14. The van der Waals surface area contributed by atoms with Crippen LogP contribution in [-0.4, -0.2) is 43.3 Å². The molecule has 0 spiro atoms. The molecular weight excluding hydrogens is 229 g/mol. The van der Waals surface area contributed by atoms with Gasteiger partial charge in [0.2, 0.25) is 0 Å². The summed E-state index contributed by atoms with van der Waals surface area (Å²) in [6.45, 7) is 2.66. The highest BCUT2D eigenvalue weighted by Crippen LogP contribution is 2.20. The molecule has 0 saturated carbocycles. The van der Waals surface area contributed by atoms with Crippen LogP contribution in [0.15, 0.2) is 18.2 Å². The van der Waals surface area contributed by atoms with Crippen LogP contribution >= 0.6 is 0 Å². The molecule has 1 fully saturated rings. The number of nitrogens with zero attached hydrogens (tertiary/aromatic N) is 1. The van der Waals surface area contributed by atoms with E-state index in [4.69, 9.17) is 9.39 Å². The van der Waals surface area contributed by atoms with Crippen molar-refractivity contribution in [1.82, 2.24) is 4.90 Å². The Morgan fingerprint density at radius 3 is 2.94 bits per heavy atom. The van der Waals surface area contributed by atoms with Gasteiger partial charge in [0.05, 0.1) is 6.61 Å². The molecule has 2 aliphatic heterocycles. The Morgan fingerprint density at radius 2 is 2.17 bits per heavy atom. The molecule has 5 heteroatoms. The molecule has 1 saturated heterocycles. The highest BCUT2D eigenvalue weighted by Gasteiger charge is 2.28. The van der Waals surface area contributed by atoms with Crippen molar-refractivity contribution in [2.45, 2.75) is 25.6 Å². The first-order chi connectivity index (χ1) is 8.72. The van der Waals surface area contributed by atoms with E-state index in [1.54, 1.807) is 0 Å². The number of benzene rings is 1. The van der Waals surface area contributed by atoms with E-state index in [-0.39, 0.29) is 0 Å². The molecule has 0 unspecified atom stereocenters. The fourth-order valence-corrected chi connectivity index (χ4v) is 2.56. The van der Waals surface area contributed by atoms with Gasteiger partial charge in [0.15, 0.2) is 0 Å². The second-order valence-corrected chi connectivity index (χ2v) is 5.14. The summed E-state index contributed by atoms with van der Waals surface area (Å²) in [7, 11) is 1.35. The van der Waals surface area contributed by atoms with Gasteiger partial charge in [-0.05, 0) is 43.0 Å². The third kappa shape index (κ3) is 2.39. The van der Waals surface area contributed by atoms with Crippen LogP contribution in [0.2, 0.25) is 0 Å². The SMILES string of the molecule is CN1CCC(Oc2ccc3c(c2)B(O)OC3)CC1. The predicted molar refractivity (Wildman–Crippen MR) is 70.0 cm³/mol. The normalized spacial score (nSPS) is 21.1. The Bertz CT molecular complexity index is 432. The van der Waals surface area contributed by atoms with Gasteiger partial charge in [-0.15, -0.1) is 0 Å². The van der Waals surface area contributed by atoms with Crippen LogP contribution in [0.4, 0.5) is 0 Å². The number of hydrogen-bond donors (Lipinski definition) is 1. The van der Waals surface area contributed by atoms with Crippen LogP contribution < -0.4 is 10.2 Å². The smallest absolute Gasteiger partial charge is 0.490 e. The Hall–Kier alpha value is -1.04. The zero-order valence-electron chi connectivity index (χ0n) is 10.6. The number of fused-ring (bicyclic) bond motifs is 1. The van der Waals surface area contributed by atoms with E-state index < -0.39 is 7.12 Å². The van der Waals surface area contributed by atoms with Gasteiger partial charge in [-0.1, -0.05) is 6.07 Å². The minimum absolute atomic E-state index is 0.290. The summed E-state index contributed by atoms with van der Waals surface area (Å²) in [5, 5.41) is 9.66. The van der Waals surface area contributed by atoms with Crippen molar-refractivity contribution < 1.29 is 14.4 Å². The van der Waals surface area contributed by atoms with Crippen molar-refractivity contribution in [2.24, 2.45) is 0 Å². The average molecular weight is 247 g/mol. The number of rotatable bonds is 2. The van der Waals surface area contributed by atoms with E-state index in [9.17, 15) is 5.02 Å². The van der Waals surface area contributed by atoms with E-state index in [1.165, 1.54) is 0 Å². The monoisotopic (exact) mass is 247 g/mol. The first-order valence-electron chi connectivity index (χ1n) is 6.50. The number of piperidine rings is 1. The maximum absolute atomic E-state index is 9.66. The molecule has 2 aliphatic rings. The van der Waals surface area contributed by atoms with Gasteiger partial charge in [0.1, 0.15) is 11.9 Å². The van der Waals surface area contributed by atoms with Crippen molar-refractivity contribution in [3.63, 3.8) is 0 Å². The lowest BCUT2D eigenvalue weighted by molar-refractivity contribution is 0.114. The number of hydrogen-bond acceptors (Lipinski definition) is 4. The highest BCUT2D eigenvalue weighted by atomic mass is 16.5. The van der Waals surface area contributed by atoms with Crippen LogP contribution in [-0.2, 0) is 11.3 Å². The Labute approximate surface area is 108 Å². The van der Waals surface area contributed by atoms with E-state index in [0.29, 0.717) is 12.7 Å². The van der Waals surface area contributed by atoms with Gasteiger partial charge in [-0.3, -0.25) is 0 Å². The first kappa shape index (κ1) is 12.0. The predicted octanol–water partition coefficient (Wildman–Crippen LogP) is 0.377. The lowest BCUT2D eigenvalue weighted by Crippen LogP contribution is -2.36. The van der Waals surface area contributed by atoms with E-state index in [2.05, 4.69) is 11.9 Å². The van der Waals surface area contributed by atoms with Gasteiger partial charge in [-0.2, -0.15) is 0 Å². The van der Waals surface area contributed by atoms with Crippen molar-refractivity contribution in [3.8, 4) is 5.75 Å². The Balaban J connectivity index is 1.68. The molecule has 1 aromatic rings. The molecule has 0 aromatic heterocycles. The standard InChI is InChI=1S/C13H18BNO3/c1-15-6-4-11(5-7-15)18-12-3-2-10-9-17-14(16)13(10)8-12/h2-3,8,11,16H,4-7,9H2,1H3. The molecule has 3 rings (SSSR count). The molecule has 0 atom stereocenters. The van der Waals surface area contributed by atoms with Gasteiger partial charge in [-0.25, -0.2) is 0 Å². The van der Waals surface area contributed by atoms with Crippen LogP contribution in [0.5, 0.6) is 5.75 Å². The third-order valence-electron chi connectivity index (χ3n) is 3.75. The Kier molecular flexibility index (Phi) is 3.28. The fourth-order valence-electron chi connectivity index (χ4n) is 2.56. The van der Waals surface area contributed by atoms with Crippen molar-refractivity contribution >= 4 is 12.6 Å². The summed E-state index contributed by atoms with van der Waals surface area (Å²) >= 11 is 0. The second kappa shape index (κ2) is 4.92. The molecule has 1 N–H and O–H groups in total. The molecule has 2 heterocycles. The number of ether oxygens (including phenoxy) is 1. The van der Waals surface area contributed by atoms with E-state index >= 15 is 0 Å². The zero-order chi connectivity index (χ0) is 12.5. The quantitative estimate of drug-likeness (QED) is 0.767. The molecule has 96 valence electrons. The van der Waals surface area contributed by atoms with E-state index in [0.717, 1.165) is 42.7 Å². The van der Waals surface area contributed by atoms with Crippen LogP contribution in [0.3, 0.4) is 0 Å². The minimum atomic E-state index is -0.791. The Morgan fingerprint density at radius 1 is 1.39 bits per heavy atom. The van der Waals surface area contributed by atoms with Crippen molar-refractivity contribution in [3.05, 3.63) is 23.8 Å². The molecule has 18 heavy (non-hydrogen) atoms. The summed E-state index contributed by atoms with van der Waals surface area (Å²) < 4.78 is 11.2. The topological polar surface area (TPSA) is 41.9 Å². The van der Waals surface area contributed by atoms with Crippen molar-refractivity contribution in [1.29, 1.82) is 0 Å². The van der Waals surface area contributed by atoms with Crippen LogP contribution in [0.1, 0.15) is 18.4 Å².